The van der Waals surface area contributed by atoms with Crippen molar-refractivity contribution in [1.82, 2.24) is 33.1 Å². The molecule has 0 N–H and O–H groups in total. The van der Waals surface area contributed by atoms with Gasteiger partial charge in [0.2, 0.25) is 0 Å². The van der Waals surface area contributed by atoms with E-state index >= 15 is 0 Å². The third kappa shape index (κ3) is 2.69. The van der Waals surface area contributed by atoms with Gasteiger partial charge in [0, 0.05) is 0 Å². The maximum absolute atomic E-state index is 3.78. The summed E-state index contributed by atoms with van der Waals surface area (Å²) in [5, 5.41) is 0. The molecular formula is C6H12N7P3. The van der Waals surface area contributed by atoms with Gasteiger partial charge in [0.15, 0.2) is 25.5 Å². The van der Waals surface area contributed by atoms with Crippen LogP contribution in [0.3, 0.4) is 0 Å². The first kappa shape index (κ1) is 11.2. The van der Waals surface area contributed by atoms with Crippen LogP contribution in [-0.4, -0.2) is 73.1 Å². The molecule has 0 atom stereocenters. The van der Waals surface area contributed by atoms with Crippen LogP contribution in [0.4, 0.5) is 0 Å². The Morgan fingerprint density at radius 1 is 0.500 bits per heavy atom. The Balaban J connectivity index is 0.000000117. The van der Waals surface area contributed by atoms with Gasteiger partial charge in [-0.1, -0.05) is 0 Å². The topological polar surface area (TPSA) is 51.6 Å². The van der Waals surface area contributed by atoms with E-state index in [1.54, 1.807) is 0 Å². The van der Waals surface area contributed by atoms with E-state index in [1.165, 1.54) is 40.0 Å². The Bertz CT molecular complexity index is 255. The molecule has 5 heterocycles. The van der Waals surface area contributed by atoms with Crippen molar-refractivity contribution >= 4 is 25.5 Å². The van der Waals surface area contributed by atoms with Crippen LogP contribution in [0.25, 0.3) is 0 Å². The van der Waals surface area contributed by atoms with Crippen LogP contribution in [-0.2, 0) is 0 Å². The van der Waals surface area contributed by atoms with Gasteiger partial charge in [-0.15, -0.1) is 0 Å². The molecule has 0 unspecified atom stereocenters. The molecule has 4 aliphatic rings. The van der Waals surface area contributed by atoms with Crippen LogP contribution in [0.15, 0.2) is 0 Å². The Morgan fingerprint density at radius 3 is 0.938 bits per heavy atom. The number of hydrogen-bond acceptors (Lipinski definition) is 7. The summed E-state index contributed by atoms with van der Waals surface area (Å²) in [6.45, 7) is 7.12. The van der Waals surface area contributed by atoms with Gasteiger partial charge in [-0.2, -0.15) is 13.5 Å². The van der Waals surface area contributed by atoms with Gasteiger partial charge in [0.05, 0.1) is 40.0 Å². The van der Waals surface area contributed by atoms with E-state index in [4.69, 9.17) is 0 Å². The highest BCUT2D eigenvalue weighted by Crippen LogP contribution is 2.20. The lowest BCUT2D eigenvalue weighted by atomic mass is 10.4. The molecule has 86 valence electrons. The Morgan fingerprint density at radius 2 is 0.750 bits per heavy atom. The largest absolute Gasteiger partial charge is 0.264 e. The molecule has 1 aromatic rings. The van der Waals surface area contributed by atoms with E-state index in [0.29, 0.717) is 0 Å². The summed E-state index contributed by atoms with van der Waals surface area (Å²) in [7, 11) is 2.49. The number of nitrogens with zero attached hydrogens (tertiary/aromatic N) is 7. The van der Waals surface area contributed by atoms with Crippen molar-refractivity contribution < 1.29 is 0 Å². The van der Waals surface area contributed by atoms with Crippen LogP contribution in [0.2, 0.25) is 0 Å². The zero-order chi connectivity index (χ0) is 10.8. The zero-order valence-corrected chi connectivity index (χ0v) is 11.4. The highest BCUT2D eigenvalue weighted by molar-refractivity contribution is 7.43. The zero-order valence-electron chi connectivity index (χ0n) is 8.71. The molecule has 16 heavy (non-hydrogen) atoms. The second kappa shape index (κ2) is 5.19. The molecule has 1 aromatic heterocycles. The Labute approximate surface area is 99.2 Å². The first-order valence-corrected chi connectivity index (χ1v) is 7.39. The Hall–Kier alpha value is 0.140. The van der Waals surface area contributed by atoms with Crippen LogP contribution in [0, 0.1) is 0 Å². The molecule has 5 rings (SSSR count). The maximum Gasteiger partial charge on any atom is 0.166 e. The maximum atomic E-state index is 3.78. The van der Waals surface area contributed by atoms with Gasteiger partial charge in [-0.25, -0.2) is 0 Å². The fraction of sp³-hybridized carbons (Fsp3) is 1.00. The molecule has 4 saturated heterocycles. The van der Waals surface area contributed by atoms with Crippen LogP contribution in [0.5, 0.6) is 0 Å². The van der Waals surface area contributed by atoms with Crippen LogP contribution < -0.4 is 0 Å². The van der Waals surface area contributed by atoms with Crippen LogP contribution >= 0.6 is 25.5 Å². The monoisotopic (exact) mass is 275 g/mol. The summed E-state index contributed by atoms with van der Waals surface area (Å²) >= 11 is 0. The first-order valence-electron chi connectivity index (χ1n) is 4.99. The number of hydrogen-bond donors (Lipinski definition) is 0. The molecule has 4 aliphatic heterocycles. The minimum atomic E-state index is 0.830. The van der Waals surface area contributed by atoms with Gasteiger partial charge in [-0.3, -0.25) is 19.6 Å². The fourth-order valence-corrected chi connectivity index (χ4v) is 4.17. The summed E-state index contributed by atoms with van der Waals surface area (Å²) in [5.41, 5.74) is 0. The van der Waals surface area contributed by atoms with E-state index in [9.17, 15) is 0 Å². The molecule has 0 aromatic carbocycles. The molecule has 10 heteroatoms. The van der Waals surface area contributed by atoms with E-state index in [0.717, 1.165) is 25.5 Å². The van der Waals surface area contributed by atoms with Crippen molar-refractivity contribution in [3.63, 3.8) is 0 Å². The summed E-state index contributed by atoms with van der Waals surface area (Å²) in [6.07, 6.45) is 0. The van der Waals surface area contributed by atoms with E-state index in [1.807, 2.05) is 0 Å². The van der Waals surface area contributed by atoms with Crippen molar-refractivity contribution in [2.45, 2.75) is 0 Å². The van der Waals surface area contributed by atoms with Gasteiger partial charge in [-0.05, 0) is 0 Å². The highest BCUT2D eigenvalue weighted by Gasteiger charge is 2.36. The summed E-state index contributed by atoms with van der Waals surface area (Å²) in [4.78, 5) is 9.88. The summed E-state index contributed by atoms with van der Waals surface area (Å²) in [5.74, 6) is 0. The second-order valence-corrected chi connectivity index (χ2v) is 6.75. The van der Waals surface area contributed by atoms with E-state index in [2.05, 4.69) is 33.1 Å². The molecule has 0 saturated carbocycles. The third-order valence-corrected chi connectivity index (χ3v) is 4.56. The number of rotatable bonds is 0. The second-order valence-electron chi connectivity index (χ2n) is 4.07. The van der Waals surface area contributed by atoms with Crippen molar-refractivity contribution in [3.05, 3.63) is 0 Å². The lowest BCUT2D eigenvalue weighted by Gasteiger charge is -2.56. The van der Waals surface area contributed by atoms with Gasteiger partial charge >= 0.3 is 0 Å². The SMILES string of the molecule is C1N2CN3CN1CN(C2)C3.n1pnpnp1. The predicted octanol–water partition coefficient (Wildman–Crippen LogP) is 0.592. The molecule has 7 nitrogen and oxygen atoms in total. The summed E-state index contributed by atoms with van der Waals surface area (Å²) in [6, 6.07) is 0. The fourth-order valence-electron chi connectivity index (χ4n) is 2.34. The van der Waals surface area contributed by atoms with Gasteiger partial charge in [0.25, 0.3) is 0 Å². The smallest absolute Gasteiger partial charge is 0.166 e. The highest BCUT2D eigenvalue weighted by atomic mass is 31.1. The Kier molecular flexibility index (Phi) is 3.65. The lowest BCUT2D eigenvalue weighted by molar-refractivity contribution is -0.194. The molecule has 0 spiro atoms. The van der Waals surface area contributed by atoms with E-state index in [-0.39, 0.29) is 0 Å². The molecule has 4 bridgehead atoms. The number of aromatic nitrogens is 3. The third-order valence-electron chi connectivity index (χ3n) is 2.64. The van der Waals surface area contributed by atoms with Gasteiger partial charge in [0.1, 0.15) is 0 Å². The molecule has 0 aliphatic carbocycles. The quantitative estimate of drug-likeness (QED) is 0.687. The average Bonchev–Trinajstić information content (AvgIpc) is 2.30. The molecule has 0 radical (unpaired) electrons. The van der Waals surface area contributed by atoms with Crippen molar-refractivity contribution in [1.29, 1.82) is 0 Å². The van der Waals surface area contributed by atoms with Crippen molar-refractivity contribution in [2.75, 3.05) is 40.0 Å². The standard InChI is InChI=1S/C6H12N4.N3P3/c1-7-2-9-4-8(1)5-10(3-7)6-9;1-4-2-6-3-5-1/h1-6H2;. The van der Waals surface area contributed by atoms with Crippen LogP contribution in [0.1, 0.15) is 0 Å². The molecule has 4 fully saturated rings. The first-order chi connectivity index (χ1) is 7.90. The molecule has 0 amide bonds. The summed E-state index contributed by atoms with van der Waals surface area (Å²) < 4.78 is 11.3. The predicted molar refractivity (Wildman–Crippen MR) is 63.9 cm³/mol. The van der Waals surface area contributed by atoms with Crippen molar-refractivity contribution in [2.24, 2.45) is 0 Å². The lowest BCUT2D eigenvalue weighted by Crippen LogP contribution is -2.71. The normalized spacial score (nSPS) is 40.5. The average molecular weight is 275 g/mol. The minimum Gasteiger partial charge on any atom is -0.264 e. The van der Waals surface area contributed by atoms with E-state index < -0.39 is 0 Å². The van der Waals surface area contributed by atoms with Gasteiger partial charge < -0.3 is 0 Å². The molecular weight excluding hydrogens is 263 g/mol. The van der Waals surface area contributed by atoms with Crippen molar-refractivity contribution in [3.8, 4) is 0 Å². The minimum absolute atomic E-state index is 0.830.